The summed E-state index contributed by atoms with van der Waals surface area (Å²) in [5.41, 5.74) is 0.823. The fraction of sp³-hybridized carbons (Fsp3) is 0.533. The molecule has 1 aromatic rings. The lowest BCUT2D eigenvalue weighted by Crippen LogP contribution is -2.36. The number of benzene rings is 1. The predicted molar refractivity (Wildman–Crippen MR) is 82.0 cm³/mol. The molecule has 1 rings (SSSR count). The first-order valence-corrected chi connectivity index (χ1v) is 7.29. The molecule has 0 saturated carbocycles. The summed E-state index contributed by atoms with van der Waals surface area (Å²) in [4.78, 5) is 14.2. The molecule has 0 saturated heterocycles. The summed E-state index contributed by atoms with van der Waals surface area (Å²) < 4.78 is 4.86. The van der Waals surface area contributed by atoms with Crippen molar-refractivity contribution in [3.8, 4) is 0 Å². The molecule has 1 atom stereocenters. The van der Waals surface area contributed by atoms with Crippen LogP contribution >= 0.6 is 11.6 Å². The van der Waals surface area contributed by atoms with Crippen LogP contribution in [0.2, 0.25) is 5.02 Å². The summed E-state index contributed by atoms with van der Waals surface area (Å²) in [5.74, 6) is -0.299. The summed E-state index contributed by atoms with van der Waals surface area (Å²) in [7, 11) is 1.39. The molecule has 0 radical (unpaired) electrons. The van der Waals surface area contributed by atoms with Crippen LogP contribution in [0, 0.1) is 0 Å². The number of nitrogens with one attached hydrogen (secondary N) is 1. The number of likely N-dealkylation sites (N-methyl/N-ethyl adjacent to an activating group) is 1. The largest absolute Gasteiger partial charge is 0.468 e. The molecule has 0 aliphatic rings. The highest BCUT2D eigenvalue weighted by atomic mass is 35.5. The van der Waals surface area contributed by atoms with Crippen molar-refractivity contribution >= 4 is 17.6 Å². The minimum Gasteiger partial charge on any atom is -0.468 e. The van der Waals surface area contributed by atoms with Crippen molar-refractivity contribution in [2.24, 2.45) is 0 Å². The maximum atomic E-state index is 11.9. The second kappa shape index (κ2) is 8.95. The molecule has 0 spiro atoms. The van der Waals surface area contributed by atoms with Gasteiger partial charge in [-0.3, -0.25) is 5.32 Å². The lowest BCUT2D eigenvalue weighted by Gasteiger charge is -2.21. The lowest BCUT2D eigenvalue weighted by atomic mass is 10.1. The van der Waals surface area contributed by atoms with Crippen LogP contribution < -0.4 is 5.32 Å². The van der Waals surface area contributed by atoms with Crippen molar-refractivity contribution in [2.45, 2.75) is 19.9 Å². The number of carbonyl (C=O) groups excluding carboxylic acids is 1. The normalized spacial score (nSPS) is 12.4. The Balaban J connectivity index is 2.68. The number of hydrogen-bond donors (Lipinski definition) is 1. The summed E-state index contributed by atoms with van der Waals surface area (Å²) in [5, 5.41) is 3.85. The highest BCUT2D eigenvalue weighted by molar-refractivity contribution is 6.30. The molecule has 0 heterocycles. The van der Waals surface area contributed by atoms with Crippen molar-refractivity contribution in [2.75, 3.05) is 33.3 Å². The van der Waals surface area contributed by atoms with Gasteiger partial charge in [0, 0.05) is 18.1 Å². The van der Waals surface area contributed by atoms with Crippen LogP contribution in [0.3, 0.4) is 0 Å². The number of ether oxygens (including phenoxy) is 1. The standard InChI is InChI=1S/C15H23ClN2O2/c1-4-18(5-2)10-9-17-14(15(19)20-3)12-7-6-8-13(16)11-12/h6-8,11,14,17H,4-5,9-10H2,1-3H3. The Morgan fingerprint density at radius 1 is 1.40 bits per heavy atom. The zero-order chi connectivity index (χ0) is 15.0. The molecule has 112 valence electrons. The van der Waals surface area contributed by atoms with Gasteiger partial charge in [-0.05, 0) is 30.8 Å². The van der Waals surface area contributed by atoms with Crippen LogP contribution in [0.1, 0.15) is 25.5 Å². The summed E-state index contributed by atoms with van der Waals surface area (Å²) in [6.07, 6.45) is 0. The third-order valence-corrected chi connectivity index (χ3v) is 3.52. The molecule has 0 aromatic heterocycles. The van der Waals surface area contributed by atoms with Crippen LogP contribution in [0.15, 0.2) is 24.3 Å². The summed E-state index contributed by atoms with van der Waals surface area (Å²) in [6, 6.07) is 6.80. The fourth-order valence-electron chi connectivity index (χ4n) is 2.05. The van der Waals surface area contributed by atoms with Crippen LogP contribution in [0.25, 0.3) is 0 Å². The van der Waals surface area contributed by atoms with E-state index in [0.717, 1.165) is 25.2 Å². The molecule has 1 aromatic carbocycles. The van der Waals surface area contributed by atoms with Gasteiger partial charge in [0.25, 0.3) is 0 Å². The Bertz CT molecular complexity index is 422. The molecular weight excluding hydrogens is 276 g/mol. The van der Waals surface area contributed by atoms with Crippen LogP contribution in [-0.4, -0.2) is 44.2 Å². The Morgan fingerprint density at radius 2 is 2.10 bits per heavy atom. The van der Waals surface area contributed by atoms with Crippen LogP contribution in [0.4, 0.5) is 0 Å². The van der Waals surface area contributed by atoms with Crippen LogP contribution in [0.5, 0.6) is 0 Å². The average Bonchev–Trinajstić information content (AvgIpc) is 2.47. The van der Waals surface area contributed by atoms with Gasteiger partial charge < -0.3 is 9.64 Å². The van der Waals surface area contributed by atoms with Gasteiger partial charge in [0.05, 0.1) is 7.11 Å². The number of halogens is 1. The number of esters is 1. The van der Waals surface area contributed by atoms with Crippen molar-refractivity contribution < 1.29 is 9.53 Å². The van der Waals surface area contributed by atoms with Crippen LogP contribution in [-0.2, 0) is 9.53 Å². The second-order valence-electron chi connectivity index (χ2n) is 4.49. The average molecular weight is 299 g/mol. The Labute approximate surface area is 126 Å². The third kappa shape index (κ3) is 5.12. The van der Waals surface area contributed by atoms with Gasteiger partial charge in [-0.15, -0.1) is 0 Å². The molecule has 1 N–H and O–H groups in total. The topological polar surface area (TPSA) is 41.6 Å². The summed E-state index contributed by atoms with van der Waals surface area (Å²) in [6.45, 7) is 7.85. The minimum atomic E-state index is -0.478. The van der Waals surface area contributed by atoms with E-state index in [9.17, 15) is 4.79 Å². The molecule has 0 amide bonds. The first kappa shape index (κ1) is 17.0. The van der Waals surface area contributed by atoms with Gasteiger partial charge in [-0.25, -0.2) is 4.79 Å². The molecule has 4 nitrogen and oxygen atoms in total. The molecule has 5 heteroatoms. The van der Waals surface area contributed by atoms with Crippen molar-refractivity contribution in [1.29, 1.82) is 0 Å². The van der Waals surface area contributed by atoms with E-state index in [2.05, 4.69) is 24.1 Å². The maximum Gasteiger partial charge on any atom is 0.327 e. The number of rotatable bonds is 8. The molecule has 0 aliphatic heterocycles. The number of nitrogens with zero attached hydrogens (tertiary/aromatic N) is 1. The Hall–Kier alpha value is -1.10. The Morgan fingerprint density at radius 3 is 2.65 bits per heavy atom. The minimum absolute atomic E-state index is 0.299. The van der Waals surface area contributed by atoms with E-state index >= 15 is 0 Å². The Kier molecular flexibility index (Phi) is 7.59. The van der Waals surface area contributed by atoms with Gasteiger partial charge in [0.1, 0.15) is 6.04 Å². The van der Waals surface area contributed by atoms with Gasteiger partial charge in [-0.2, -0.15) is 0 Å². The van der Waals surface area contributed by atoms with E-state index in [0.29, 0.717) is 11.6 Å². The number of carbonyl (C=O) groups is 1. The summed E-state index contributed by atoms with van der Waals surface area (Å²) >= 11 is 5.98. The van der Waals surface area contributed by atoms with E-state index < -0.39 is 6.04 Å². The molecule has 1 unspecified atom stereocenters. The molecule has 0 fully saturated rings. The van der Waals surface area contributed by atoms with E-state index in [1.54, 1.807) is 12.1 Å². The maximum absolute atomic E-state index is 11.9. The fourth-order valence-corrected chi connectivity index (χ4v) is 2.25. The van der Waals surface area contributed by atoms with E-state index in [1.165, 1.54) is 7.11 Å². The zero-order valence-electron chi connectivity index (χ0n) is 12.4. The van der Waals surface area contributed by atoms with Gasteiger partial charge in [0.2, 0.25) is 0 Å². The van der Waals surface area contributed by atoms with E-state index in [-0.39, 0.29) is 5.97 Å². The van der Waals surface area contributed by atoms with Gasteiger partial charge >= 0.3 is 5.97 Å². The predicted octanol–water partition coefficient (Wildman–Crippen LogP) is 2.49. The SMILES string of the molecule is CCN(CC)CCNC(C(=O)OC)c1cccc(Cl)c1. The monoisotopic (exact) mass is 298 g/mol. The van der Waals surface area contributed by atoms with E-state index in [1.807, 2.05) is 12.1 Å². The first-order chi connectivity index (χ1) is 9.62. The number of hydrogen-bond acceptors (Lipinski definition) is 4. The van der Waals surface area contributed by atoms with Gasteiger partial charge in [-0.1, -0.05) is 37.6 Å². The quantitative estimate of drug-likeness (QED) is 0.749. The first-order valence-electron chi connectivity index (χ1n) is 6.91. The van der Waals surface area contributed by atoms with Crippen molar-refractivity contribution in [3.05, 3.63) is 34.9 Å². The number of methoxy groups -OCH3 is 1. The second-order valence-corrected chi connectivity index (χ2v) is 4.93. The highest BCUT2D eigenvalue weighted by Crippen LogP contribution is 2.18. The van der Waals surface area contributed by atoms with Crippen molar-refractivity contribution in [3.63, 3.8) is 0 Å². The lowest BCUT2D eigenvalue weighted by molar-refractivity contribution is -0.143. The zero-order valence-corrected chi connectivity index (χ0v) is 13.1. The molecule has 0 aliphatic carbocycles. The molecule has 0 bridgehead atoms. The van der Waals surface area contributed by atoms with Gasteiger partial charge in [0.15, 0.2) is 0 Å². The molecule has 20 heavy (non-hydrogen) atoms. The van der Waals surface area contributed by atoms with E-state index in [4.69, 9.17) is 16.3 Å². The smallest absolute Gasteiger partial charge is 0.327 e. The molecular formula is C15H23ClN2O2. The third-order valence-electron chi connectivity index (χ3n) is 3.29. The van der Waals surface area contributed by atoms with Crippen molar-refractivity contribution in [1.82, 2.24) is 10.2 Å². The highest BCUT2D eigenvalue weighted by Gasteiger charge is 2.20.